The Kier molecular flexibility index (Phi) is 2.73. The molecule has 4 bridgehead atoms. The van der Waals surface area contributed by atoms with Crippen LogP contribution in [-0.2, 0) is 4.74 Å². The molecule has 17 heavy (non-hydrogen) atoms. The lowest BCUT2D eigenvalue weighted by Crippen LogP contribution is -2.50. The second-order valence-corrected chi connectivity index (χ2v) is 6.10. The van der Waals surface area contributed by atoms with Gasteiger partial charge in [-0.25, -0.2) is 0 Å². The summed E-state index contributed by atoms with van der Waals surface area (Å²) in [6, 6.07) is 0. The second kappa shape index (κ2) is 4.01. The third-order valence-electron chi connectivity index (χ3n) is 4.80. The summed E-state index contributed by atoms with van der Waals surface area (Å²) in [6.07, 6.45) is 5.94. The third-order valence-corrected chi connectivity index (χ3v) is 4.80. The summed E-state index contributed by atoms with van der Waals surface area (Å²) < 4.78 is 31.3. The fraction of sp³-hybridized carbons (Fsp3) is 0.923. The molecule has 4 fully saturated rings. The summed E-state index contributed by atoms with van der Waals surface area (Å²) >= 11 is 0. The lowest BCUT2D eigenvalue weighted by Gasteiger charge is -2.54. The SMILES string of the molecule is [OH+]=CC(F)(F)COC1C2CC3CC(C2)CC1C3. The Labute approximate surface area is 99.7 Å². The summed E-state index contributed by atoms with van der Waals surface area (Å²) in [5.74, 6) is -0.583. The van der Waals surface area contributed by atoms with E-state index in [-0.39, 0.29) is 12.4 Å². The largest absolute Gasteiger partial charge is 0.374 e. The Balaban J connectivity index is 1.63. The molecule has 0 unspecified atom stereocenters. The van der Waals surface area contributed by atoms with Gasteiger partial charge in [0.25, 0.3) is 0 Å². The number of halogens is 2. The number of ether oxygens (including phenoxy) is 1. The van der Waals surface area contributed by atoms with Crippen LogP contribution in [0.25, 0.3) is 0 Å². The molecule has 4 heteroatoms. The van der Waals surface area contributed by atoms with E-state index in [4.69, 9.17) is 9.53 Å². The summed E-state index contributed by atoms with van der Waals surface area (Å²) in [4.78, 5) is 8.42. The molecule has 0 aliphatic heterocycles. The van der Waals surface area contributed by atoms with Gasteiger partial charge in [0, 0.05) is 0 Å². The molecule has 4 aliphatic rings. The molecule has 4 saturated carbocycles. The maximum absolute atomic E-state index is 12.9. The number of aldehydes is 1. The molecule has 0 radical (unpaired) electrons. The van der Waals surface area contributed by atoms with E-state index in [1.165, 1.54) is 6.42 Å². The Morgan fingerprint density at radius 3 is 2.06 bits per heavy atom. The van der Waals surface area contributed by atoms with Gasteiger partial charge in [-0.15, -0.1) is 0 Å². The van der Waals surface area contributed by atoms with Crippen LogP contribution in [0, 0.1) is 23.7 Å². The maximum atomic E-state index is 12.9. The van der Waals surface area contributed by atoms with Crippen LogP contribution < -0.4 is 0 Å². The van der Waals surface area contributed by atoms with Gasteiger partial charge in [-0.1, -0.05) is 0 Å². The highest BCUT2D eigenvalue weighted by Crippen LogP contribution is 2.54. The van der Waals surface area contributed by atoms with Crippen molar-refractivity contribution in [2.24, 2.45) is 23.7 Å². The van der Waals surface area contributed by atoms with Gasteiger partial charge in [-0.3, -0.25) is 4.79 Å². The molecule has 96 valence electrons. The molecule has 0 heterocycles. The van der Waals surface area contributed by atoms with E-state index in [0.717, 1.165) is 37.5 Å². The molecule has 0 amide bonds. The van der Waals surface area contributed by atoms with Crippen molar-refractivity contribution < 1.29 is 18.3 Å². The number of rotatable bonds is 4. The monoisotopic (exact) mass is 245 g/mol. The first-order valence-electron chi connectivity index (χ1n) is 6.55. The predicted octanol–water partition coefficient (Wildman–Crippen LogP) is 2.64. The quantitative estimate of drug-likeness (QED) is 0.553. The van der Waals surface area contributed by atoms with Gasteiger partial charge in [-0.05, 0) is 55.8 Å². The first-order valence-corrected chi connectivity index (χ1v) is 6.55. The summed E-state index contributed by atoms with van der Waals surface area (Å²) in [5.41, 5.74) is 0. The normalized spacial score (nSPS) is 44.0. The minimum absolute atomic E-state index is 0.00799. The van der Waals surface area contributed by atoms with Crippen molar-refractivity contribution in [2.75, 3.05) is 6.61 Å². The molecule has 1 N–H and O–H groups in total. The molecule has 0 aromatic carbocycles. The van der Waals surface area contributed by atoms with E-state index < -0.39 is 12.5 Å². The molecule has 0 spiro atoms. The second-order valence-electron chi connectivity index (χ2n) is 6.10. The highest BCUT2D eigenvalue weighted by atomic mass is 19.3. The van der Waals surface area contributed by atoms with E-state index in [1.807, 2.05) is 0 Å². The highest BCUT2D eigenvalue weighted by molar-refractivity contribution is 5.60. The van der Waals surface area contributed by atoms with Gasteiger partial charge in [-0.2, -0.15) is 8.78 Å². The van der Waals surface area contributed by atoms with Gasteiger partial charge in [0.1, 0.15) is 6.61 Å². The molecule has 4 rings (SSSR count). The van der Waals surface area contributed by atoms with E-state index in [2.05, 4.69) is 0 Å². The van der Waals surface area contributed by atoms with Gasteiger partial charge in [0.2, 0.25) is 0 Å². The first kappa shape index (κ1) is 11.6. The topological polar surface area (TPSA) is 30.6 Å². The lowest BCUT2D eigenvalue weighted by atomic mass is 9.55. The Morgan fingerprint density at radius 2 is 1.59 bits per heavy atom. The van der Waals surface area contributed by atoms with Crippen LogP contribution in [0.1, 0.15) is 32.1 Å². The van der Waals surface area contributed by atoms with Crippen LogP contribution in [-0.4, -0.2) is 29.7 Å². The molecule has 0 aromatic rings. The zero-order valence-electron chi connectivity index (χ0n) is 9.82. The Bertz CT molecular complexity index is 289. The number of hydrogen-bond acceptors (Lipinski definition) is 1. The first-order chi connectivity index (χ1) is 8.07. The number of hydrogen-bond donors (Lipinski definition) is 0. The van der Waals surface area contributed by atoms with Crippen LogP contribution in [0.5, 0.6) is 0 Å². The van der Waals surface area contributed by atoms with E-state index >= 15 is 0 Å². The molecule has 0 saturated heterocycles. The standard InChI is InChI=1S/C13H18F2O2/c14-13(15,6-16)7-17-12-10-2-8-1-9(4-10)5-11(12)3-8/h6,8-12H,1-5,7H2/p+1. The van der Waals surface area contributed by atoms with E-state index in [1.54, 1.807) is 0 Å². The van der Waals surface area contributed by atoms with Crippen molar-refractivity contribution in [3.63, 3.8) is 0 Å². The average molecular weight is 245 g/mol. The maximum Gasteiger partial charge on any atom is 0.374 e. The van der Waals surface area contributed by atoms with Crippen molar-refractivity contribution in [2.45, 2.75) is 44.1 Å². The van der Waals surface area contributed by atoms with Gasteiger partial charge >= 0.3 is 12.2 Å². The molecular formula is C13H19F2O2+. The van der Waals surface area contributed by atoms with Crippen LogP contribution in [0.3, 0.4) is 0 Å². The van der Waals surface area contributed by atoms with Gasteiger partial charge in [0.15, 0.2) is 0 Å². The Hall–Kier alpha value is -0.510. The fourth-order valence-corrected chi connectivity index (χ4v) is 4.39. The van der Waals surface area contributed by atoms with Gasteiger partial charge in [0.05, 0.1) is 6.10 Å². The van der Waals surface area contributed by atoms with Crippen molar-refractivity contribution >= 4 is 6.29 Å². The van der Waals surface area contributed by atoms with Crippen LogP contribution in [0.4, 0.5) is 8.78 Å². The van der Waals surface area contributed by atoms with Crippen LogP contribution >= 0.6 is 0 Å². The van der Waals surface area contributed by atoms with Crippen LogP contribution in [0.2, 0.25) is 0 Å². The molecule has 4 aliphatic carbocycles. The molecule has 2 nitrogen and oxygen atoms in total. The van der Waals surface area contributed by atoms with Gasteiger partial charge < -0.3 is 4.74 Å². The summed E-state index contributed by atoms with van der Waals surface area (Å²) in [6.45, 7) is -0.670. The predicted molar refractivity (Wildman–Crippen MR) is 59.7 cm³/mol. The van der Waals surface area contributed by atoms with Crippen molar-refractivity contribution in [1.82, 2.24) is 0 Å². The van der Waals surface area contributed by atoms with Crippen molar-refractivity contribution in [3.8, 4) is 0 Å². The number of carbonyl (C=O) groups excluding carboxylic acids is 1. The van der Waals surface area contributed by atoms with Crippen molar-refractivity contribution in [1.29, 1.82) is 0 Å². The Morgan fingerprint density at radius 1 is 1.06 bits per heavy atom. The molecule has 0 atom stereocenters. The van der Waals surface area contributed by atoms with E-state index in [0.29, 0.717) is 11.8 Å². The average Bonchev–Trinajstić information content (AvgIpc) is 2.27. The fourth-order valence-electron chi connectivity index (χ4n) is 4.39. The zero-order chi connectivity index (χ0) is 12.0. The van der Waals surface area contributed by atoms with Crippen molar-refractivity contribution in [3.05, 3.63) is 0 Å². The summed E-state index contributed by atoms with van der Waals surface area (Å²) in [7, 11) is 0. The highest BCUT2D eigenvalue weighted by Gasteiger charge is 2.49. The van der Waals surface area contributed by atoms with Crippen LogP contribution in [0.15, 0.2) is 0 Å². The smallest absolute Gasteiger partial charge is 0.371 e. The molecule has 0 aromatic heterocycles. The number of alkyl halides is 2. The minimum Gasteiger partial charge on any atom is -0.371 e. The minimum atomic E-state index is -3.20. The lowest BCUT2D eigenvalue weighted by molar-refractivity contribution is -0.153. The third kappa shape index (κ3) is 2.12. The summed E-state index contributed by atoms with van der Waals surface area (Å²) in [5, 5.41) is 0. The van der Waals surface area contributed by atoms with E-state index in [9.17, 15) is 8.78 Å². The zero-order valence-corrected chi connectivity index (χ0v) is 9.82. The molecular weight excluding hydrogens is 226 g/mol.